The van der Waals surface area contributed by atoms with E-state index in [9.17, 15) is 14.4 Å². The summed E-state index contributed by atoms with van der Waals surface area (Å²) in [6, 6.07) is 11.8. The van der Waals surface area contributed by atoms with Crippen LogP contribution in [0.2, 0.25) is 0 Å². The SMILES string of the molecule is COc1ccc(C(=O)[C@@H](C)OC(=O)CNC(=O)c2ccc(C)c(C)c2)cc1. The lowest BCUT2D eigenvalue weighted by Gasteiger charge is -2.13. The summed E-state index contributed by atoms with van der Waals surface area (Å²) in [6.07, 6.45) is -0.954. The lowest BCUT2D eigenvalue weighted by Crippen LogP contribution is -2.34. The fraction of sp³-hybridized carbons (Fsp3) is 0.286. The second-order valence-electron chi connectivity index (χ2n) is 6.21. The van der Waals surface area contributed by atoms with Crippen LogP contribution in [-0.2, 0) is 9.53 Å². The number of hydrogen-bond acceptors (Lipinski definition) is 5. The largest absolute Gasteiger partial charge is 0.497 e. The molecule has 0 heterocycles. The average Bonchev–Trinajstić information content (AvgIpc) is 2.67. The number of Topliss-reactive ketones (excluding diaryl/α,β-unsaturated/α-hetero) is 1. The Morgan fingerprint density at radius 2 is 1.59 bits per heavy atom. The summed E-state index contributed by atoms with van der Waals surface area (Å²) in [6.45, 7) is 5.05. The highest BCUT2D eigenvalue weighted by atomic mass is 16.5. The standard InChI is InChI=1S/C21H23NO5/c1-13-5-6-17(11-14(13)2)21(25)22-12-19(23)27-15(3)20(24)16-7-9-18(26-4)10-8-16/h5-11,15H,12H2,1-4H3,(H,22,25)/t15-/m1/s1. The van der Waals surface area contributed by atoms with Gasteiger partial charge in [-0.05, 0) is 68.3 Å². The molecule has 2 aromatic carbocycles. The van der Waals surface area contributed by atoms with Gasteiger partial charge in [-0.2, -0.15) is 0 Å². The highest BCUT2D eigenvalue weighted by molar-refractivity contribution is 6.00. The monoisotopic (exact) mass is 369 g/mol. The molecule has 1 amide bonds. The van der Waals surface area contributed by atoms with E-state index >= 15 is 0 Å². The van der Waals surface area contributed by atoms with E-state index < -0.39 is 12.1 Å². The number of nitrogens with one attached hydrogen (secondary N) is 1. The number of rotatable bonds is 7. The van der Waals surface area contributed by atoms with Gasteiger partial charge in [0.05, 0.1) is 7.11 Å². The van der Waals surface area contributed by atoms with Crippen molar-refractivity contribution >= 4 is 17.7 Å². The molecule has 2 aromatic rings. The van der Waals surface area contributed by atoms with Crippen molar-refractivity contribution in [1.29, 1.82) is 0 Å². The van der Waals surface area contributed by atoms with Crippen LogP contribution in [0.15, 0.2) is 42.5 Å². The molecule has 1 N–H and O–H groups in total. The number of ether oxygens (including phenoxy) is 2. The zero-order chi connectivity index (χ0) is 20.0. The Bertz CT molecular complexity index is 842. The molecule has 0 radical (unpaired) electrons. The molecule has 0 bridgehead atoms. The molecule has 0 spiro atoms. The van der Waals surface area contributed by atoms with E-state index in [0.717, 1.165) is 11.1 Å². The van der Waals surface area contributed by atoms with Crippen LogP contribution < -0.4 is 10.1 Å². The normalized spacial score (nSPS) is 11.4. The molecule has 0 aliphatic heterocycles. The first-order valence-electron chi connectivity index (χ1n) is 8.55. The molecule has 2 rings (SSSR count). The summed E-state index contributed by atoms with van der Waals surface area (Å²) in [4.78, 5) is 36.4. The Morgan fingerprint density at radius 3 is 2.19 bits per heavy atom. The van der Waals surface area contributed by atoms with Gasteiger partial charge >= 0.3 is 5.97 Å². The number of hydrogen-bond donors (Lipinski definition) is 1. The summed E-state index contributed by atoms with van der Waals surface area (Å²) >= 11 is 0. The van der Waals surface area contributed by atoms with Gasteiger partial charge in [0.25, 0.3) is 5.91 Å². The van der Waals surface area contributed by atoms with Gasteiger partial charge in [0.15, 0.2) is 6.10 Å². The van der Waals surface area contributed by atoms with Gasteiger partial charge in [-0.1, -0.05) is 6.07 Å². The minimum Gasteiger partial charge on any atom is -0.497 e. The van der Waals surface area contributed by atoms with Gasteiger partial charge in [0.2, 0.25) is 5.78 Å². The van der Waals surface area contributed by atoms with E-state index in [0.29, 0.717) is 16.9 Å². The Labute approximate surface area is 158 Å². The smallest absolute Gasteiger partial charge is 0.326 e. The van der Waals surface area contributed by atoms with Gasteiger partial charge in [0, 0.05) is 11.1 Å². The molecule has 1 atom stereocenters. The van der Waals surface area contributed by atoms with Crippen LogP contribution >= 0.6 is 0 Å². The van der Waals surface area contributed by atoms with Crippen LogP contribution in [0.25, 0.3) is 0 Å². The van der Waals surface area contributed by atoms with E-state index in [-0.39, 0.29) is 18.2 Å². The zero-order valence-corrected chi connectivity index (χ0v) is 15.9. The fourth-order valence-electron chi connectivity index (χ4n) is 2.42. The molecule has 142 valence electrons. The maximum Gasteiger partial charge on any atom is 0.326 e. The van der Waals surface area contributed by atoms with Crippen LogP contribution in [0.1, 0.15) is 38.8 Å². The molecule has 0 unspecified atom stereocenters. The molecule has 0 aliphatic carbocycles. The summed E-state index contributed by atoms with van der Waals surface area (Å²) in [5.74, 6) is -0.748. The molecule has 0 aromatic heterocycles. The van der Waals surface area contributed by atoms with E-state index in [1.807, 2.05) is 19.9 Å². The number of methoxy groups -OCH3 is 1. The molecule has 0 aliphatic rings. The fourth-order valence-corrected chi connectivity index (χ4v) is 2.42. The Morgan fingerprint density at radius 1 is 0.963 bits per heavy atom. The number of carbonyl (C=O) groups is 3. The van der Waals surface area contributed by atoms with E-state index in [1.165, 1.54) is 14.0 Å². The number of amides is 1. The van der Waals surface area contributed by atoms with Crippen LogP contribution in [0, 0.1) is 13.8 Å². The lowest BCUT2D eigenvalue weighted by molar-refractivity contribution is -0.145. The first-order valence-corrected chi connectivity index (χ1v) is 8.55. The number of esters is 1. The molecule has 0 fully saturated rings. The molecular formula is C21H23NO5. The Balaban J connectivity index is 1.87. The predicted molar refractivity (Wildman–Crippen MR) is 101 cm³/mol. The second-order valence-corrected chi connectivity index (χ2v) is 6.21. The van der Waals surface area contributed by atoms with Crippen molar-refractivity contribution in [2.24, 2.45) is 0 Å². The minimum atomic E-state index is -0.954. The quantitative estimate of drug-likeness (QED) is 0.599. The molecule has 27 heavy (non-hydrogen) atoms. The van der Waals surface area contributed by atoms with Crippen molar-refractivity contribution in [3.63, 3.8) is 0 Å². The van der Waals surface area contributed by atoms with Crippen LogP contribution in [0.3, 0.4) is 0 Å². The third-order valence-corrected chi connectivity index (χ3v) is 4.21. The van der Waals surface area contributed by atoms with Crippen molar-refractivity contribution in [2.75, 3.05) is 13.7 Å². The van der Waals surface area contributed by atoms with Crippen LogP contribution in [0.4, 0.5) is 0 Å². The maximum atomic E-state index is 12.3. The summed E-state index contributed by atoms with van der Waals surface area (Å²) < 4.78 is 10.2. The topological polar surface area (TPSA) is 81.7 Å². The highest BCUT2D eigenvalue weighted by Gasteiger charge is 2.20. The maximum absolute atomic E-state index is 12.3. The molecular weight excluding hydrogens is 346 g/mol. The molecule has 6 nitrogen and oxygen atoms in total. The van der Waals surface area contributed by atoms with Crippen LogP contribution in [-0.4, -0.2) is 37.4 Å². The van der Waals surface area contributed by atoms with E-state index in [4.69, 9.17) is 9.47 Å². The zero-order valence-electron chi connectivity index (χ0n) is 15.9. The predicted octanol–water partition coefficient (Wildman–Crippen LogP) is 2.86. The van der Waals surface area contributed by atoms with Crippen molar-refractivity contribution in [3.8, 4) is 5.75 Å². The van der Waals surface area contributed by atoms with Gasteiger partial charge in [0.1, 0.15) is 12.3 Å². The number of aryl methyl sites for hydroxylation is 2. The van der Waals surface area contributed by atoms with E-state index in [1.54, 1.807) is 36.4 Å². The molecule has 6 heteroatoms. The average molecular weight is 369 g/mol. The van der Waals surface area contributed by atoms with Gasteiger partial charge in [-0.25, -0.2) is 0 Å². The van der Waals surface area contributed by atoms with Crippen molar-refractivity contribution in [1.82, 2.24) is 5.32 Å². The van der Waals surface area contributed by atoms with Crippen molar-refractivity contribution < 1.29 is 23.9 Å². The summed E-state index contributed by atoms with van der Waals surface area (Å²) in [5.41, 5.74) is 2.95. The first-order chi connectivity index (χ1) is 12.8. The number of ketones is 1. The van der Waals surface area contributed by atoms with Gasteiger partial charge < -0.3 is 14.8 Å². The van der Waals surface area contributed by atoms with Gasteiger partial charge in [-0.3, -0.25) is 14.4 Å². The van der Waals surface area contributed by atoms with Crippen molar-refractivity contribution in [2.45, 2.75) is 26.9 Å². The first kappa shape index (κ1) is 20.2. The minimum absolute atomic E-state index is 0.314. The Kier molecular flexibility index (Phi) is 6.71. The van der Waals surface area contributed by atoms with E-state index in [2.05, 4.69) is 5.32 Å². The molecule has 0 saturated carbocycles. The molecule has 0 saturated heterocycles. The van der Waals surface area contributed by atoms with Crippen molar-refractivity contribution in [3.05, 3.63) is 64.7 Å². The second kappa shape index (κ2) is 8.98. The summed E-state index contributed by atoms with van der Waals surface area (Å²) in [7, 11) is 1.54. The Hall–Kier alpha value is -3.15. The lowest BCUT2D eigenvalue weighted by atomic mass is 10.1. The summed E-state index contributed by atoms with van der Waals surface area (Å²) in [5, 5.41) is 2.50. The number of benzene rings is 2. The third-order valence-electron chi connectivity index (χ3n) is 4.21. The highest BCUT2D eigenvalue weighted by Crippen LogP contribution is 2.14. The van der Waals surface area contributed by atoms with Crippen LogP contribution in [0.5, 0.6) is 5.75 Å². The number of carbonyl (C=O) groups excluding carboxylic acids is 3. The third kappa shape index (κ3) is 5.41. The van der Waals surface area contributed by atoms with Gasteiger partial charge in [-0.15, -0.1) is 0 Å².